The van der Waals surface area contributed by atoms with E-state index in [0.717, 1.165) is 0 Å². The second kappa shape index (κ2) is 6.48. The van der Waals surface area contributed by atoms with Crippen LogP contribution >= 0.6 is 11.6 Å². The Labute approximate surface area is 134 Å². The topological polar surface area (TPSA) is 75.3 Å². The fourth-order valence-electron chi connectivity index (χ4n) is 1.92. The molecule has 0 saturated carbocycles. The average molecular weight is 339 g/mol. The molecule has 22 heavy (non-hydrogen) atoms. The fraction of sp³-hybridized carbons (Fsp3) is 0.133. The van der Waals surface area contributed by atoms with Crippen LogP contribution in [0.5, 0.6) is 0 Å². The van der Waals surface area contributed by atoms with E-state index in [-0.39, 0.29) is 4.90 Å². The standard InChI is InChI=1S/C15H15ClN2O3S/c1-10-7-8-11(9-14(10)22(20,21)17-2)18-15(19)12-5-3-4-6-13(12)16/h3-9,17H,1-2H3,(H,18,19). The molecule has 2 N–H and O–H groups in total. The van der Waals surface area contributed by atoms with Gasteiger partial charge in [0, 0.05) is 5.69 Å². The molecular weight excluding hydrogens is 324 g/mol. The largest absolute Gasteiger partial charge is 0.322 e. The van der Waals surface area contributed by atoms with E-state index in [1.54, 1.807) is 43.3 Å². The summed E-state index contributed by atoms with van der Waals surface area (Å²) in [5.41, 5.74) is 1.29. The molecule has 0 bridgehead atoms. The first-order valence-corrected chi connectivity index (χ1v) is 8.31. The van der Waals surface area contributed by atoms with Crippen LogP contribution in [0.1, 0.15) is 15.9 Å². The third kappa shape index (κ3) is 3.47. The zero-order valence-corrected chi connectivity index (χ0v) is 13.6. The second-order valence-corrected chi connectivity index (χ2v) is 6.88. The molecule has 2 rings (SSSR count). The van der Waals surface area contributed by atoms with Gasteiger partial charge in [0.05, 0.1) is 15.5 Å². The molecule has 0 aliphatic rings. The molecule has 0 saturated heterocycles. The minimum Gasteiger partial charge on any atom is -0.322 e. The maximum absolute atomic E-state index is 12.2. The summed E-state index contributed by atoms with van der Waals surface area (Å²) in [6, 6.07) is 11.3. The number of aryl methyl sites for hydroxylation is 1. The zero-order valence-electron chi connectivity index (χ0n) is 12.1. The van der Waals surface area contributed by atoms with Gasteiger partial charge in [0.1, 0.15) is 0 Å². The zero-order chi connectivity index (χ0) is 16.3. The van der Waals surface area contributed by atoms with Gasteiger partial charge in [-0.2, -0.15) is 0 Å². The van der Waals surface area contributed by atoms with Crippen molar-refractivity contribution in [1.82, 2.24) is 4.72 Å². The van der Waals surface area contributed by atoms with Crippen molar-refractivity contribution in [3.8, 4) is 0 Å². The number of amides is 1. The number of anilines is 1. The maximum Gasteiger partial charge on any atom is 0.257 e. The van der Waals surface area contributed by atoms with Gasteiger partial charge in [0.25, 0.3) is 5.91 Å². The molecular formula is C15H15ClN2O3S. The van der Waals surface area contributed by atoms with E-state index in [9.17, 15) is 13.2 Å². The summed E-state index contributed by atoms with van der Waals surface area (Å²) in [6.07, 6.45) is 0. The van der Waals surface area contributed by atoms with Crippen molar-refractivity contribution >= 4 is 33.2 Å². The lowest BCUT2D eigenvalue weighted by Gasteiger charge is -2.11. The molecule has 0 heterocycles. The van der Waals surface area contributed by atoms with Crippen LogP contribution in [-0.4, -0.2) is 21.4 Å². The maximum atomic E-state index is 12.2. The van der Waals surface area contributed by atoms with E-state index in [0.29, 0.717) is 21.8 Å². The summed E-state index contributed by atoms with van der Waals surface area (Å²) >= 11 is 5.97. The van der Waals surface area contributed by atoms with Gasteiger partial charge < -0.3 is 5.32 Å². The van der Waals surface area contributed by atoms with Crippen molar-refractivity contribution in [3.05, 3.63) is 58.6 Å². The minimum absolute atomic E-state index is 0.118. The Morgan fingerprint density at radius 2 is 1.82 bits per heavy atom. The van der Waals surface area contributed by atoms with Gasteiger partial charge in [0.15, 0.2) is 0 Å². The molecule has 7 heteroatoms. The minimum atomic E-state index is -3.59. The number of halogens is 1. The van der Waals surface area contributed by atoms with Gasteiger partial charge in [-0.25, -0.2) is 13.1 Å². The van der Waals surface area contributed by atoms with Crippen molar-refractivity contribution in [1.29, 1.82) is 0 Å². The normalized spacial score (nSPS) is 11.2. The van der Waals surface area contributed by atoms with Crippen molar-refractivity contribution < 1.29 is 13.2 Å². The van der Waals surface area contributed by atoms with Crippen LogP contribution in [0.15, 0.2) is 47.4 Å². The molecule has 0 unspecified atom stereocenters. The number of carbonyl (C=O) groups excluding carboxylic acids is 1. The molecule has 0 aromatic heterocycles. The molecule has 2 aromatic carbocycles. The van der Waals surface area contributed by atoms with Gasteiger partial charge in [-0.15, -0.1) is 0 Å². The van der Waals surface area contributed by atoms with Crippen molar-refractivity contribution in [2.75, 3.05) is 12.4 Å². The SMILES string of the molecule is CNS(=O)(=O)c1cc(NC(=O)c2ccccc2Cl)ccc1C. The predicted molar refractivity (Wildman–Crippen MR) is 86.8 cm³/mol. The number of benzene rings is 2. The van der Waals surface area contributed by atoms with E-state index in [4.69, 9.17) is 11.6 Å². The van der Waals surface area contributed by atoms with E-state index in [1.807, 2.05) is 0 Å². The first-order chi connectivity index (χ1) is 10.3. The fourth-order valence-corrected chi connectivity index (χ4v) is 3.14. The second-order valence-electron chi connectivity index (χ2n) is 4.62. The Morgan fingerprint density at radius 1 is 1.14 bits per heavy atom. The molecule has 0 fully saturated rings. The van der Waals surface area contributed by atoms with Crippen molar-refractivity contribution in [2.45, 2.75) is 11.8 Å². The summed E-state index contributed by atoms with van der Waals surface area (Å²) in [7, 11) is -2.25. The monoisotopic (exact) mass is 338 g/mol. The molecule has 1 amide bonds. The first-order valence-electron chi connectivity index (χ1n) is 6.45. The van der Waals surface area contributed by atoms with Crippen LogP contribution in [0.25, 0.3) is 0 Å². The molecule has 0 aliphatic heterocycles. The Hall–Kier alpha value is -1.89. The van der Waals surface area contributed by atoms with Gasteiger partial charge >= 0.3 is 0 Å². The van der Waals surface area contributed by atoms with E-state index in [2.05, 4.69) is 10.0 Å². The number of rotatable bonds is 4. The Bertz CT molecular complexity index is 819. The summed E-state index contributed by atoms with van der Waals surface area (Å²) in [6.45, 7) is 1.68. The Morgan fingerprint density at radius 3 is 2.45 bits per heavy atom. The third-order valence-corrected chi connectivity index (χ3v) is 5.01. The summed E-state index contributed by atoms with van der Waals surface area (Å²) in [4.78, 5) is 12.3. The molecule has 0 radical (unpaired) electrons. The summed E-state index contributed by atoms with van der Waals surface area (Å²) in [5, 5.41) is 2.98. The highest BCUT2D eigenvalue weighted by molar-refractivity contribution is 7.89. The lowest BCUT2D eigenvalue weighted by Crippen LogP contribution is -2.20. The lowest BCUT2D eigenvalue weighted by molar-refractivity contribution is 0.102. The molecule has 0 spiro atoms. The number of hydrogen-bond acceptors (Lipinski definition) is 3. The van der Waals surface area contributed by atoms with E-state index in [1.165, 1.54) is 13.1 Å². The number of carbonyl (C=O) groups is 1. The van der Waals surface area contributed by atoms with Crippen LogP contribution in [-0.2, 0) is 10.0 Å². The van der Waals surface area contributed by atoms with E-state index >= 15 is 0 Å². The van der Waals surface area contributed by atoms with E-state index < -0.39 is 15.9 Å². The van der Waals surface area contributed by atoms with Crippen molar-refractivity contribution in [2.24, 2.45) is 0 Å². The van der Waals surface area contributed by atoms with Gasteiger partial charge in [-0.3, -0.25) is 4.79 Å². The highest BCUT2D eigenvalue weighted by Gasteiger charge is 2.16. The molecule has 0 atom stereocenters. The van der Waals surface area contributed by atoms with Crippen molar-refractivity contribution in [3.63, 3.8) is 0 Å². The van der Waals surface area contributed by atoms with Gasteiger partial charge in [0.2, 0.25) is 10.0 Å². The highest BCUT2D eigenvalue weighted by atomic mass is 35.5. The van der Waals surface area contributed by atoms with Crippen LogP contribution < -0.4 is 10.0 Å². The smallest absolute Gasteiger partial charge is 0.257 e. The third-order valence-electron chi connectivity index (χ3n) is 3.12. The summed E-state index contributed by atoms with van der Waals surface area (Å²) < 4.78 is 26.1. The quantitative estimate of drug-likeness (QED) is 0.900. The Kier molecular flexibility index (Phi) is 4.85. The molecule has 0 aliphatic carbocycles. The first kappa shape index (κ1) is 16.5. The van der Waals surface area contributed by atoms with Crippen LogP contribution in [0.3, 0.4) is 0 Å². The van der Waals surface area contributed by atoms with Crippen LogP contribution in [0, 0.1) is 6.92 Å². The molecule has 2 aromatic rings. The molecule has 5 nitrogen and oxygen atoms in total. The highest BCUT2D eigenvalue weighted by Crippen LogP contribution is 2.22. The Balaban J connectivity index is 2.34. The van der Waals surface area contributed by atoms with Gasteiger partial charge in [-0.1, -0.05) is 29.8 Å². The summed E-state index contributed by atoms with van der Waals surface area (Å²) in [5.74, 6) is -0.401. The average Bonchev–Trinajstić information content (AvgIpc) is 2.49. The van der Waals surface area contributed by atoms with Crippen LogP contribution in [0.2, 0.25) is 5.02 Å². The lowest BCUT2D eigenvalue weighted by atomic mass is 10.2. The van der Waals surface area contributed by atoms with Crippen LogP contribution in [0.4, 0.5) is 5.69 Å². The van der Waals surface area contributed by atoms with Gasteiger partial charge in [-0.05, 0) is 43.8 Å². The molecule has 116 valence electrons. The number of hydrogen-bond donors (Lipinski definition) is 2. The predicted octanol–water partition coefficient (Wildman–Crippen LogP) is 2.81. The number of sulfonamides is 1. The number of nitrogens with one attached hydrogen (secondary N) is 2.